The maximum Gasteiger partial charge on any atom is 0.102 e. The van der Waals surface area contributed by atoms with Crippen molar-refractivity contribution < 1.29 is 0 Å². The molecule has 226 valence electrons. The summed E-state index contributed by atoms with van der Waals surface area (Å²) in [6.07, 6.45) is 0. The number of rotatable bonds is 8. The molecule has 0 saturated heterocycles. The van der Waals surface area contributed by atoms with Crippen molar-refractivity contribution in [2.24, 2.45) is 0 Å². The van der Waals surface area contributed by atoms with Crippen molar-refractivity contribution in [1.82, 2.24) is 0 Å². The van der Waals surface area contributed by atoms with Gasteiger partial charge in [0.1, 0.15) is 31.8 Å². The molecular formula is C44H36P3+. The van der Waals surface area contributed by atoms with E-state index in [1.54, 1.807) is 0 Å². The molecule has 8 rings (SSSR count). The van der Waals surface area contributed by atoms with Crippen LogP contribution in [0.1, 0.15) is 21.9 Å². The number of fused-ring (bicyclic) bond motifs is 1. The zero-order valence-corrected chi connectivity index (χ0v) is 28.8. The highest BCUT2D eigenvalue weighted by molar-refractivity contribution is 8.04. The smallest absolute Gasteiger partial charge is 0.102 e. The molecule has 0 bridgehead atoms. The lowest BCUT2D eigenvalue weighted by Gasteiger charge is -2.43. The Balaban J connectivity index is 1.47. The van der Waals surface area contributed by atoms with Crippen molar-refractivity contribution in [3.63, 3.8) is 0 Å². The molecule has 0 N–H and O–H groups in total. The van der Waals surface area contributed by atoms with Crippen molar-refractivity contribution in [3.8, 4) is 0 Å². The van der Waals surface area contributed by atoms with Crippen molar-refractivity contribution >= 4 is 54.9 Å². The average Bonchev–Trinajstić information content (AvgIpc) is 3.55. The molecule has 0 radical (unpaired) electrons. The molecule has 1 aliphatic heterocycles. The van der Waals surface area contributed by atoms with Crippen molar-refractivity contribution in [2.45, 2.75) is 10.8 Å². The molecule has 0 fully saturated rings. The zero-order valence-electron chi connectivity index (χ0n) is 26.1. The summed E-state index contributed by atoms with van der Waals surface area (Å²) in [5.41, 5.74) is 2.99. The Kier molecular flexibility index (Phi) is 8.44. The van der Waals surface area contributed by atoms with Gasteiger partial charge in [0.2, 0.25) is 0 Å². The summed E-state index contributed by atoms with van der Waals surface area (Å²) in [7, 11) is -2.97. The van der Waals surface area contributed by atoms with E-state index in [2.05, 4.69) is 206 Å². The van der Waals surface area contributed by atoms with Crippen molar-refractivity contribution in [2.75, 3.05) is 0 Å². The Morgan fingerprint density at radius 2 is 0.447 bits per heavy atom. The Morgan fingerprint density at radius 1 is 0.255 bits per heavy atom. The molecule has 0 nitrogen and oxygen atoms in total. The summed E-state index contributed by atoms with van der Waals surface area (Å²) in [6, 6.07) is 78.0. The third-order valence-corrected chi connectivity index (χ3v) is 22.2. The highest BCUT2D eigenvalue weighted by Crippen LogP contribution is 2.86. The van der Waals surface area contributed by atoms with Gasteiger partial charge in [-0.15, -0.1) is 0 Å². The summed E-state index contributed by atoms with van der Waals surface area (Å²) in [6.45, 7) is 0. The maximum absolute atomic E-state index is 2.45. The van der Waals surface area contributed by atoms with E-state index in [9.17, 15) is 0 Å². The number of benzene rings is 7. The number of hydrogen-bond acceptors (Lipinski definition) is 0. The van der Waals surface area contributed by atoms with Crippen LogP contribution in [0.3, 0.4) is 0 Å². The predicted octanol–water partition coefficient (Wildman–Crippen LogP) is 9.63. The summed E-state index contributed by atoms with van der Waals surface area (Å²) in [4.78, 5) is 0. The van der Waals surface area contributed by atoms with Crippen LogP contribution in [-0.4, -0.2) is 0 Å². The highest BCUT2D eigenvalue weighted by atomic mass is 31.2. The molecule has 0 aliphatic carbocycles. The first-order valence-electron chi connectivity index (χ1n) is 16.2. The van der Waals surface area contributed by atoms with E-state index in [1.807, 2.05) is 0 Å². The zero-order chi connectivity index (χ0) is 31.5. The molecule has 1 aliphatic rings. The first-order chi connectivity index (χ1) is 23.3. The molecule has 7 aromatic carbocycles. The van der Waals surface area contributed by atoms with Crippen LogP contribution in [0.15, 0.2) is 206 Å². The minimum absolute atomic E-state index is 0.284. The van der Waals surface area contributed by atoms with Crippen LogP contribution < -0.4 is 31.8 Å². The lowest BCUT2D eigenvalue weighted by molar-refractivity contribution is 1.29. The van der Waals surface area contributed by atoms with Gasteiger partial charge in [-0.25, -0.2) is 0 Å². The van der Waals surface area contributed by atoms with Crippen molar-refractivity contribution in [3.05, 3.63) is 217 Å². The van der Waals surface area contributed by atoms with Crippen LogP contribution in [0, 0.1) is 0 Å². The number of hydrogen-bond donors (Lipinski definition) is 0. The van der Waals surface area contributed by atoms with E-state index in [-0.39, 0.29) is 10.8 Å². The lowest BCUT2D eigenvalue weighted by Crippen LogP contribution is -2.34. The van der Waals surface area contributed by atoms with Crippen LogP contribution >= 0.6 is 23.1 Å². The quantitative estimate of drug-likeness (QED) is 0.143. The van der Waals surface area contributed by atoms with Gasteiger partial charge in [0, 0.05) is 0 Å². The van der Waals surface area contributed by atoms with Crippen LogP contribution in [0.25, 0.3) is 0 Å². The SMILES string of the molecule is c1ccc([P+](c2ccccc2)(c2ccccc2)C2[P-]C([P+](c3ccccc3)(c3ccccc3)c3ccccc3)c3ccccc32)cc1. The van der Waals surface area contributed by atoms with E-state index < -0.39 is 14.5 Å². The van der Waals surface area contributed by atoms with Crippen LogP contribution in [0.4, 0.5) is 0 Å². The van der Waals surface area contributed by atoms with Crippen molar-refractivity contribution in [1.29, 1.82) is 0 Å². The molecule has 2 unspecified atom stereocenters. The van der Waals surface area contributed by atoms with Gasteiger partial charge in [0.15, 0.2) is 0 Å². The third-order valence-electron chi connectivity index (χ3n) is 9.55. The van der Waals surface area contributed by atoms with Gasteiger partial charge in [0.25, 0.3) is 0 Å². The maximum atomic E-state index is 2.45. The first kappa shape index (κ1) is 30.2. The molecule has 0 amide bonds. The summed E-state index contributed by atoms with van der Waals surface area (Å²) in [5.74, 6) is 0. The van der Waals surface area contributed by atoms with Gasteiger partial charge in [-0.3, -0.25) is 0 Å². The fourth-order valence-corrected chi connectivity index (χ4v) is 22.4. The van der Waals surface area contributed by atoms with Gasteiger partial charge in [0.05, 0.1) is 14.5 Å². The monoisotopic (exact) mass is 657 g/mol. The second-order valence-electron chi connectivity index (χ2n) is 12.0. The van der Waals surface area contributed by atoms with E-state index >= 15 is 0 Å². The molecule has 0 aromatic heterocycles. The molecular weight excluding hydrogens is 621 g/mol. The van der Waals surface area contributed by atoms with Crippen LogP contribution in [-0.2, 0) is 0 Å². The fourth-order valence-electron chi connectivity index (χ4n) is 7.61. The first-order valence-corrected chi connectivity index (χ1v) is 21.0. The van der Waals surface area contributed by atoms with E-state index in [4.69, 9.17) is 0 Å². The summed E-state index contributed by atoms with van der Waals surface area (Å²) in [5, 5.41) is 9.20. The minimum atomic E-state index is -2.21. The highest BCUT2D eigenvalue weighted by Gasteiger charge is 2.57. The van der Waals surface area contributed by atoms with E-state index in [0.717, 1.165) is 0 Å². The van der Waals surface area contributed by atoms with Gasteiger partial charge < -0.3 is 8.58 Å². The fraction of sp³-hybridized carbons (Fsp3) is 0.0455. The summed E-state index contributed by atoms with van der Waals surface area (Å²) < 4.78 is 0. The van der Waals surface area contributed by atoms with Crippen LogP contribution in [0.2, 0.25) is 0 Å². The van der Waals surface area contributed by atoms with E-state index in [0.29, 0.717) is 0 Å². The minimum Gasteiger partial charge on any atom is -0.435 e. The standard InChI is InChI=1S/C44H36P3/c1-7-21-35(22-8-1)46(36-23-9-2-10-24-36,37-25-11-3-12-26-37)43-41-33-19-20-34-42(41)44(45-43)47(38-27-13-4-14-28-38,39-29-15-5-16-30-39)40-31-17-6-18-32-40/h1-34,43-44H/q+1. The van der Waals surface area contributed by atoms with Crippen LogP contribution in [0.5, 0.6) is 0 Å². The van der Waals surface area contributed by atoms with Gasteiger partial charge in [-0.2, -0.15) is 0 Å². The predicted molar refractivity (Wildman–Crippen MR) is 209 cm³/mol. The van der Waals surface area contributed by atoms with E-state index in [1.165, 1.54) is 51.5 Å². The second kappa shape index (κ2) is 13.1. The Morgan fingerprint density at radius 3 is 0.660 bits per heavy atom. The topological polar surface area (TPSA) is 0 Å². The Bertz CT molecular complexity index is 1700. The Hall–Kier alpha value is -4.17. The molecule has 0 saturated carbocycles. The molecule has 0 spiro atoms. The third kappa shape index (κ3) is 5.03. The Labute approximate surface area is 282 Å². The summed E-state index contributed by atoms with van der Waals surface area (Å²) >= 11 is 0. The van der Waals surface area contributed by atoms with Gasteiger partial charge in [-0.1, -0.05) is 133 Å². The van der Waals surface area contributed by atoms with Gasteiger partial charge >= 0.3 is 0 Å². The average molecular weight is 658 g/mol. The lowest BCUT2D eigenvalue weighted by atomic mass is 10.1. The molecule has 3 heteroatoms. The normalized spacial score (nSPS) is 16.5. The second-order valence-corrected chi connectivity index (χ2v) is 21.2. The van der Waals surface area contributed by atoms with Gasteiger partial charge in [-0.05, 0) is 94.7 Å². The molecule has 7 aromatic rings. The largest absolute Gasteiger partial charge is 0.435 e. The molecule has 47 heavy (non-hydrogen) atoms. The molecule has 2 atom stereocenters. The molecule has 1 heterocycles.